The molecule has 20 heavy (non-hydrogen) atoms. The molecule has 110 valence electrons. The summed E-state index contributed by atoms with van der Waals surface area (Å²) in [6.07, 6.45) is 4.91. The van der Waals surface area contributed by atoms with E-state index in [1.54, 1.807) is 6.20 Å². The Kier molecular flexibility index (Phi) is 5.95. The van der Waals surface area contributed by atoms with Crippen molar-refractivity contribution in [2.24, 2.45) is 0 Å². The van der Waals surface area contributed by atoms with Crippen LogP contribution in [0.2, 0.25) is 0 Å². The maximum Gasteiger partial charge on any atom is 0.222 e. The van der Waals surface area contributed by atoms with Gasteiger partial charge in [0.25, 0.3) is 0 Å². The van der Waals surface area contributed by atoms with Crippen LogP contribution in [0, 0.1) is 0 Å². The number of likely N-dealkylation sites (N-methyl/N-ethyl adjacent to an activating group) is 1. The van der Waals surface area contributed by atoms with E-state index < -0.39 is 0 Å². The summed E-state index contributed by atoms with van der Waals surface area (Å²) in [5.74, 6) is 0.212. The summed E-state index contributed by atoms with van der Waals surface area (Å²) in [4.78, 5) is 20.4. The van der Waals surface area contributed by atoms with E-state index in [-0.39, 0.29) is 5.91 Å². The summed E-state index contributed by atoms with van der Waals surface area (Å²) in [6, 6.07) is 3.93. The van der Waals surface area contributed by atoms with Crippen LogP contribution in [0.15, 0.2) is 24.5 Å². The van der Waals surface area contributed by atoms with Crippen molar-refractivity contribution in [2.45, 2.75) is 12.8 Å². The highest BCUT2D eigenvalue weighted by Crippen LogP contribution is 2.03. The van der Waals surface area contributed by atoms with Crippen LogP contribution < -0.4 is 5.32 Å². The third-order valence-corrected chi connectivity index (χ3v) is 3.74. The standard InChI is InChI=1S/C15H24N4O/c1-18(11-12-19-9-7-16-8-10-19)15(20)5-4-14-3-2-6-17-13-14/h2-3,6,13,16H,4-5,7-12H2,1H3. The van der Waals surface area contributed by atoms with Crippen molar-refractivity contribution >= 4 is 5.91 Å². The van der Waals surface area contributed by atoms with E-state index in [1.165, 1.54) is 0 Å². The normalized spacial score (nSPS) is 16.1. The summed E-state index contributed by atoms with van der Waals surface area (Å²) in [5, 5.41) is 3.34. The van der Waals surface area contributed by atoms with Crippen molar-refractivity contribution in [2.75, 3.05) is 46.3 Å². The molecule has 1 saturated heterocycles. The molecule has 1 aromatic rings. The number of rotatable bonds is 6. The molecule has 0 unspecified atom stereocenters. The van der Waals surface area contributed by atoms with Crippen LogP contribution in [0.4, 0.5) is 0 Å². The third-order valence-electron chi connectivity index (χ3n) is 3.74. The van der Waals surface area contributed by atoms with Crippen molar-refractivity contribution in [3.05, 3.63) is 30.1 Å². The maximum atomic E-state index is 12.1. The number of hydrogen-bond acceptors (Lipinski definition) is 4. The van der Waals surface area contributed by atoms with Gasteiger partial charge < -0.3 is 10.2 Å². The first-order valence-corrected chi connectivity index (χ1v) is 7.31. The topological polar surface area (TPSA) is 48.5 Å². The highest BCUT2D eigenvalue weighted by molar-refractivity contribution is 5.76. The fraction of sp³-hybridized carbons (Fsp3) is 0.600. The molecule has 0 aliphatic carbocycles. The number of hydrogen-bond donors (Lipinski definition) is 1. The molecule has 1 fully saturated rings. The van der Waals surface area contributed by atoms with Crippen LogP contribution >= 0.6 is 0 Å². The van der Waals surface area contributed by atoms with Gasteiger partial charge in [-0.15, -0.1) is 0 Å². The third kappa shape index (κ3) is 4.90. The Bertz CT molecular complexity index is 404. The summed E-state index contributed by atoms with van der Waals surface area (Å²) in [6.45, 7) is 6.05. The van der Waals surface area contributed by atoms with Crippen molar-refractivity contribution in [3.8, 4) is 0 Å². The molecular formula is C15H24N4O. The molecule has 1 N–H and O–H groups in total. The second-order valence-corrected chi connectivity index (χ2v) is 5.27. The van der Waals surface area contributed by atoms with Gasteiger partial charge in [-0.3, -0.25) is 14.7 Å². The number of aromatic nitrogens is 1. The molecule has 0 bridgehead atoms. The van der Waals surface area contributed by atoms with Gasteiger partial charge in [-0.05, 0) is 18.1 Å². The van der Waals surface area contributed by atoms with Crippen LogP contribution in [0.1, 0.15) is 12.0 Å². The van der Waals surface area contributed by atoms with Crippen molar-refractivity contribution in [1.29, 1.82) is 0 Å². The van der Waals surface area contributed by atoms with Crippen LogP contribution in [0.25, 0.3) is 0 Å². The number of carbonyl (C=O) groups is 1. The van der Waals surface area contributed by atoms with Gasteiger partial charge >= 0.3 is 0 Å². The van der Waals surface area contributed by atoms with Gasteiger partial charge in [0.15, 0.2) is 0 Å². The average molecular weight is 276 g/mol. The molecule has 2 heterocycles. The minimum Gasteiger partial charge on any atom is -0.344 e. The van der Waals surface area contributed by atoms with E-state index in [9.17, 15) is 4.79 Å². The number of nitrogens with zero attached hydrogens (tertiary/aromatic N) is 3. The second-order valence-electron chi connectivity index (χ2n) is 5.27. The van der Waals surface area contributed by atoms with Gasteiger partial charge in [0.1, 0.15) is 0 Å². The number of nitrogens with one attached hydrogen (secondary N) is 1. The van der Waals surface area contributed by atoms with Gasteiger partial charge in [0.05, 0.1) is 0 Å². The lowest BCUT2D eigenvalue weighted by Crippen LogP contribution is -2.46. The SMILES string of the molecule is CN(CCN1CCNCC1)C(=O)CCc1cccnc1. The number of pyridine rings is 1. The van der Waals surface area contributed by atoms with Gasteiger partial charge in [0.2, 0.25) is 5.91 Å². The molecule has 1 amide bonds. The molecule has 1 aromatic heterocycles. The zero-order valence-corrected chi connectivity index (χ0v) is 12.2. The zero-order valence-electron chi connectivity index (χ0n) is 12.2. The van der Waals surface area contributed by atoms with Gasteiger partial charge in [-0.2, -0.15) is 0 Å². The maximum absolute atomic E-state index is 12.1. The van der Waals surface area contributed by atoms with Gasteiger partial charge in [0, 0.05) is 65.1 Å². The first-order valence-electron chi connectivity index (χ1n) is 7.31. The Hall–Kier alpha value is -1.46. The molecule has 0 spiro atoms. The number of piperazine rings is 1. The molecule has 2 rings (SSSR count). The summed E-state index contributed by atoms with van der Waals surface area (Å²) < 4.78 is 0. The van der Waals surface area contributed by atoms with Crippen molar-refractivity contribution < 1.29 is 4.79 Å². The highest BCUT2D eigenvalue weighted by atomic mass is 16.2. The van der Waals surface area contributed by atoms with Gasteiger partial charge in [-0.25, -0.2) is 0 Å². The Labute approximate surface area is 121 Å². The molecule has 0 atom stereocenters. The molecule has 5 nitrogen and oxygen atoms in total. The lowest BCUT2D eigenvalue weighted by atomic mass is 10.1. The number of aryl methyl sites for hydroxylation is 1. The fourth-order valence-electron chi connectivity index (χ4n) is 2.34. The first-order chi connectivity index (χ1) is 9.75. The summed E-state index contributed by atoms with van der Waals surface area (Å²) in [5.41, 5.74) is 1.12. The zero-order chi connectivity index (χ0) is 14.2. The lowest BCUT2D eigenvalue weighted by molar-refractivity contribution is -0.130. The summed E-state index contributed by atoms with van der Waals surface area (Å²) in [7, 11) is 1.90. The van der Waals surface area contributed by atoms with Crippen LogP contribution in [-0.4, -0.2) is 67.0 Å². The van der Waals surface area contributed by atoms with Gasteiger partial charge in [-0.1, -0.05) is 6.07 Å². The van der Waals surface area contributed by atoms with E-state index in [0.717, 1.165) is 51.3 Å². The molecule has 0 radical (unpaired) electrons. The molecule has 5 heteroatoms. The van der Waals surface area contributed by atoms with E-state index >= 15 is 0 Å². The number of carbonyl (C=O) groups excluding carboxylic acids is 1. The average Bonchev–Trinajstić information content (AvgIpc) is 2.52. The lowest BCUT2D eigenvalue weighted by Gasteiger charge is -2.29. The van der Waals surface area contributed by atoms with E-state index in [4.69, 9.17) is 0 Å². The number of amides is 1. The minimum absolute atomic E-state index is 0.212. The first kappa shape index (κ1) is 14.9. The summed E-state index contributed by atoms with van der Waals surface area (Å²) >= 11 is 0. The van der Waals surface area contributed by atoms with Crippen molar-refractivity contribution in [1.82, 2.24) is 20.1 Å². The van der Waals surface area contributed by atoms with Crippen LogP contribution in [-0.2, 0) is 11.2 Å². The van der Waals surface area contributed by atoms with Crippen molar-refractivity contribution in [3.63, 3.8) is 0 Å². The molecule has 0 aromatic carbocycles. The second kappa shape index (κ2) is 7.97. The largest absolute Gasteiger partial charge is 0.344 e. The monoisotopic (exact) mass is 276 g/mol. The Balaban J connectivity index is 1.66. The van der Waals surface area contributed by atoms with E-state index in [0.29, 0.717) is 6.42 Å². The highest BCUT2D eigenvalue weighted by Gasteiger charge is 2.13. The molecule has 1 aliphatic rings. The van der Waals surface area contributed by atoms with E-state index in [2.05, 4.69) is 15.2 Å². The van der Waals surface area contributed by atoms with E-state index in [1.807, 2.05) is 30.3 Å². The molecule has 1 aliphatic heterocycles. The Morgan fingerprint density at radius 3 is 2.95 bits per heavy atom. The Morgan fingerprint density at radius 2 is 2.25 bits per heavy atom. The molecular weight excluding hydrogens is 252 g/mol. The predicted octanol–water partition coefficient (Wildman–Crippen LogP) is 0.378. The van der Waals surface area contributed by atoms with Crippen LogP contribution in [0.5, 0.6) is 0 Å². The molecule has 0 saturated carbocycles. The Morgan fingerprint density at radius 1 is 1.45 bits per heavy atom. The fourth-order valence-corrected chi connectivity index (χ4v) is 2.34. The quantitative estimate of drug-likeness (QED) is 0.816. The minimum atomic E-state index is 0.212. The predicted molar refractivity (Wildman–Crippen MR) is 79.5 cm³/mol. The van der Waals surface area contributed by atoms with Crippen LogP contribution in [0.3, 0.4) is 0 Å². The smallest absolute Gasteiger partial charge is 0.222 e.